The summed E-state index contributed by atoms with van der Waals surface area (Å²) in [5.41, 5.74) is 2.31. The van der Waals surface area contributed by atoms with Crippen LogP contribution in [0.4, 0.5) is 17.6 Å². The fourth-order valence-corrected chi connectivity index (χ4v) is 2.45. The molecule has 0 aliphatic heterocycles. The van der Waals surface area contributed by atoms with Crippen molar-refractivity contribution < 1.29 is 27.0 Å². The summed E-state index contributed by atoms with van der Waals surface area (Å²) < 4.78 is 59.5. The van der Waals surface area contributed by atoms with Gasteiger partial charge in [0.05, 0.1) is 13.7 Å². The molecule has 0 heterocycles. The molecule has 0 spiro atoms. The Hall–Kier alpha value is -2.81. The van der Waals surface area contributed by atoms with Gasteiger partial charge in [-0.3, -0.25) is 4.99 Å². The van der Waals surface area contributed by atoms with E-state index in [1.807, 2.05) is 0 Å². The summed E-state index contributed by atoms with van der Waals surface area (Å²) in [6.45, 7) is -0.540. The van der Waals surface area contributed by atoms with Gasteiger partial charge in [-0.15, -0.1) is 0 Å². The highest BCUT2D eigenvalue weighted by Crippen LogP contribution is 2.17. The molecule has 2 rings (SSSR count). The average Bonchev–Trinajstić information content (AvgIpc) is 2.68. The van der Waals surface area contributed by atoms with Gasteiger partial charge in [0.1, 0.15) is 6.61 Å². The first-order valence-corrected chi connectivity index (χ1v) is 8.80. The lowest BCUT2D eigenvalue weighted by Gasteiger charge is -2.13. The van der Waals surface area contributed by atoms with E-state index in [0.29, 0.717) is 24.6 Å². The lowest BCUT2D eigenvalue weighted by atomic mass is 10.1. The molecule has 0 atom stereocenters. The van der Waals surface area contributed by atoms with Gasteiger partial charge in [-0.05, 0) is 28.8 Å². The zero-order valence-corrected chi connectivity index (χ0v) is 16.1. The van der Waals surface area contributed by atoms with Gasteiger partial charge in [0, 0.05) is 20.1 Å². The van der Waals surface area contributed by atoms with Gasteiger partial charge in [-0.1, -0.05) is 30.3 Å². The Morgan fingerprint density at radius 3 is 2.10 bits per heavy atom. The molecule has 0 fully saturated rings. The largest absolute Gasteiger partial charge is 0.494 e. The molecule has 2 aromatic rings. The van der Waals surface area contributed by atoms with E-state index in [2.05, 4.69) is 20.4 Å². The molecule has 9 heteroatoms. The summed E-state index contributed by atoms with van der Waals surface area (Å²) in [7, 11) is 3.02. The number of hydrogen-bond acceptors (Lipinski definition) is 3. The number of hydrogen-bond donors (Lipinski definition) is 2. The number of alkyl halides is 3. The Kier molecular flexibility index (Phi) is 8.26. The second-order valence-corrected chi connectivity index (χ2v) is 6.17. The van der Waals surface area contributed by atoms with Crippen LogP contribution in [0.1, 0.15) is 16.7 Å². The third-order valence-corrected chi connectivity index (χ3v) is 3.92. The molecular weight excluding hydrogens is 390 g/mol. The summed E-state index contributed by atoms with van der Waals surface area (Å²) in [6.07, 6.45) is -4.33. The second-order valence-electron chi connectivity index (χ2n) is 6.17. The molecule has 29 heavy (non-hydrogen) atoms. The van der Waals surface area contributed by atoms with Crippen molar-refractivity contribution in [2.45, 2.75) is 25.9 Å². The molecule has 2 aromatic carbocycles. The molecular formula is C20H23F4N3O2. The van der Waals surface area contributed by atoms with Crippen LogP contribution in [0.5, 0.6) is 5.75 Å². The van der Waals surface area contributed by atoms with E-state index in [0.717, 1.165) is 11.1 Å². The van der Waals surface area contributed by atoms with Gasteiger partial charge in [0.15, 0.2) is 17.5 Å². The molecule has 0 saturated heterocycles. The second kappa shape index (κ2) is 10.7. The summed E-state index contributed by atoms with van der Waals surface area (Å²) in [6, 6.07) is 11.7. The van der Waals surface area contributed by atoms with Crippen LogP contribution in [-0.4, -0.2) is 32.9 Å². The minimum absolute atomic E-state index is 0.102. The molecule has 0 bridgehead atoms. The molecule has 158 valence electrons. The van der Waals surface area contributed by atoms with E-state index in [1.54, 1.807) is 43.4 Å². The Bertz CT molecular complexity index is 808. The van der Waals surface area contributed by atoms with Gasteiger partial charge in [-0.25, -0.2) is 4.39 Å². The Labute approximate surface area is 166 Å². The highest BCUT2D eigenvalue weighted by molar-refractivity contribution is 5.79. The van der Waals surface area contributed by atoms with Gasteiger partial charge >= 0.3 is 6.18 Å². The van der Waals surface area contributed by atoms with E-state index < -0.39 is 18.6 Å². The molecule has 0 aliphatic carbocycles. The van der Waals surface area contributed by atoms with Gasteiger partial charge < -0.3 is 20.1 Å². The lowest BCUT2D eigenvalue weighted by Crippen LogP contribution is -2.36. The predicted octanol–water partition coefficient (Wildman–Crippen LogP) is 3.78. The monoisotopic (exact) mass is 413 g/mol. The van der Waals surface area contributed by atoms with E-state index >= 15 is 0 Å². The zero-order valence-electron chi connectivity index (χ0n) is 16.1. The highest BCUT2D eigenvalue weighted by Gasteiger charge is 2.27. The summed E-state index contributed by atoms with van der Waals surface area (Å²) in [5.74, 6) is 0.274. The first-order chi connectivity index (χ1) is 13.8. The zero-order chi connectivity index (χ0) is 21.3. The predicted molar refractivity (Wildman–Crippen MR) is 102 cm³/mol. The lowest BCUT2D eigenvalue weighted by molar-refractivity contribution is -0.176. The van der Waals surface area contributed by atoms with Gasteiger partial charge in [-0.2, -0.15) is 13.2 Å². The third-order valence-electron chi connectivity index (χ3n) is 3.92. The van der Waals surface area contributed by atoms with Crippen molar-refractivity contribution in [3.8, 4) is 5.75 Å². The van der Waals surface area contributed by atoms with Crippen molar-refractivity contribution in [3.05, 3.63) is 65.0 Å². The fraction of sp³-hybridized carbons (Fsp3) is 0.350. The SMILES string of the molecule is CN=C(NCc1ccc(COCC(F)(F)F)cc1)NCc1ccc(OC)c(F)c1. The van der Waals surface area contributed by atoms with Crippen molar-refractivity contribution in [3.63, 3.8) is 0 Å². The number of aliphatic imine (C=N–C) groups is 1. The molecule has 2 N–H and O–H groups in total. The number of nitrogens with zero attached hydrogens (tertiary/aromatic N) is 1. The van der Waals surface area contributed by atoms with Crippen molar-refractivity contribution >= 4 is 5.96 Å². The number of guanidine groups is 1. The van der Waals surface area contributed by atoms with E-state index in [9.17, 15) is 17.6 Å². The third kappa shape index (κ3) is 7.98. The summed E-state index contributed by atoms with van der Waals surface area (Å²) >= 11 is 0. The Balaban J connectivity index is 1.79. The first-order valence-electron chi connectivity index (χ1n) is 8.80. The van der Waals surface area contributed by atoms with Crippen LogP contribution in [0.3, 0.4) is 0 Å². The summed E-state index contributed by atoms with van der Waals surface area (Å²) in [4.78, 5) is 4.10. The summed E-state index contributed by atoms with van der Waals surface area (Å²) in [5, 5.41) is 6.20. The molecule has 0 aliphatic rings. The van der Waals surface area contributed by atoms with Crippen LogP contribution in [0.25, 0.3) is 0 Å². The van der Waals surface area contributed by atoms with Crippen LogP contribution in [-0.2, 0) is 24.4 Å². The van der Waals surface area contributed by atoms with Crippen LogP contribution in [0.15, 0.2) is 47.5 Å². The molecule has 0 radical (unpaired) electrons. The number of ether oxygens (including phenoxy) is 2. The highest BCUT2D eigenvalue weighted by atomic mass is 19.4. The van der Waals surface area contributed by atoms with Crippen molar-refractivity contribution in [1.82, 2.24) is 10.6 Å². The molecule has 5 nitrogen and oxygen atoms in total. The van der Waals surface area contributed by atoms with Crippen molar-refractivity contribution in [2.75, 3.05) is 20.8 Å². The normalized spacial score (nSPS) is 12.0. The van der Waals surface area contributed by atoms with E-state index in [1.165, 1.54) is 13.2 Å². The van der Waals surface area contributed by atoms with E-state index in [4.69, 9.17) is 4.74 Å². The number of nitrogens with one attached hydrogen (secondary N) is 2. The quantitative estimate of drug-likeness (QED) is 0.393. The smallest absolute Gasteiger partial charge is 0.411 e. The van der Waals surface area contributed by atoms with Crippen LogP contribution in [0, 0.1) is 5.82 Å². The number of methoxy groups -OCH3 is 1. The fourth-order valence-electron chi connectivity index (χ4n) is 2.45. The standard InChI is InChI=1S/C20H23F4N3O2/c1-25-19(27-11-16-7-8-18(28-2)17(21)9-16)26-10-14-3-5-15(6-4-14)12-29-13-20(22,23)24/h3-9H,10-13H2,1-2H3,(H2,25,26,27). The van der Waals surface area contributed by atoms with Crippen molar-refractivity contribution in [2.24, 2.45) is 4.99 Å². The van der Waals surface area contributed by atoms with Crippen molar-refractivity contribution in [1.29, 1.82) is 0 Å². The Morgan fingerprint density at radius 1 is 0.966 bits per heavy atom. The van der Waals surface area contributed by atoms with Crippen LogP contribution >= 0.6 is 0 Å². The number of halogens is 4. The molecule has 0 amide bonds. The molecule has 0 aromatic heterocycles. The molecule has 0 unspecified atom stereocenters. The van der Waals surface area contributed by atoms with Gasteiger partial charge in [0.25, 0.3) is 0 Å². The number of benzene rings is 2. The van der Waals surface area contributed by atoms with Crippen LogP contribution in [0.2, 0.25) is 0 Å². The van der Waals surface area contributed by atoms with E-state index in [-0.39, 0.29) is 12.4 Å². The first kappa shape index (κ1) is 22.5. The maximum absolute atomic E-state index is 13.7. The maximum atomic E-state index is 13.7. The minimum atomic E-state index is -4.33. The minimum Gasteiger partial charge on any atom is -0.494 e. The molecule has 0 saturated carbocycles. The Morgan fingerprint density at radius 2 is 1.55 bits per heavy atom. The maximum Gasteiger partial charge on any atom is 0.411 e. The topological polar surface area (TPSA) is 54.9 Å². The van der Waals surface area contributed by atoms with Gasteiger partial charge in [0.2, 0.25) is 0 Å². The van der Waals surface area contributed by atoms with Crippen LogP contribution < -0.4 is 15.4 Å². The number of rotatable bonds is 8. The average molecular weight is 413 g/mol.